The number of nitrogens with two attached hydrogens (primary N) is 1. The Morgan fingerprint density at radius 1 is 1.18 bits per heavy atom. The number of para-hydroxylation sites is 1. The van der Waals surface area contributed by atoms with Crippen LogP contribution in [0.15, 0.2) is 48.7 Å². The van der Waals surface area contributed by atoms with E-state index in [1.54, 1.807) is 19.0 Å². The van der Waals surface area contributed by atoms with E-state index in [1.807, 2.05) is 40.8 Å². The molecule has 170 valence electrons. The van der Waals surface area contributed by atoms with E-state index in [0.29, 0.717) is 12.2 Å². The van der Waals surface area contributed by atoms with Crippen molar-refractivity contribution in [2.45, 2.75) is 31.8 Å². The van der Waals surface area contributed by atoms with Gasteiger partial charge in [-0.25, -0.2) is 4.98 Å². The van der Waals surface area contributed by atoms with E-state index in [-0.39, 0.29) is 18.0 Å². The average Bonchev–Trinajstić information content (AvgIpc) is 3.44. The summed E-state index contributed by atoms with van der Waals surface area (Å²) in [6.07, 6.45) is 3.44. The van der Waals surface area contributed by atoms with Gasteiger partial charge in [-0.05, 0) is 36.6 Å². The zero-order valence-electron chi connectivity index (χ0n) is 19.3. The molecule has 1 amide bonds. The summed E-state index contributed by atoms with van der Waals surface area (Å²) >= 11 is 0. The molecule has 8 nitrogen and oxygen atoms in total. The number of amides is 1. The third-order valence-electron chi connectivity index (χ3n) is 6.58. The van der Waals surface area contributed by atoms with Crippen LogP contribution in [-0.2, 0) is 11.2 Å². The Morgan fingerprint density at radius 3 is 2.79 bits per heavy atom. The minimum atomic E-state index is 0.0443. The first-order chi connectivity index (χ1) is 15.9. The minimum absolute atomic E-state index is 0.0443. The Kier molecular flexibility index (Phi) is 5.55. The van der Waals surface area contributed by atoms with Gasteiger partial charge in [-0.3, -0.25) is 14.1 Å². The van der Waals surface area contributed by atoms with E-state index < -0.39 is 0 Å². The van der Waals surface area contributed by atoms with Crippen molar-refractivity contribution in [1.82, 2.24) is 29.4 Å². The number of nitrogens with zero attached hydrogens (tertiary/aromatic N) is 6. The first-order valence-electron chi connectivity index (χ1n) is 11.3. The fourth-order valence-corrected chi connectivity index (χ4v) is 4.50. The molecule has 1 fully saturated rings. The monoisotopic (exact) mass is 443 g/mol. The van der Waals surface area contributed by atoms with Crippen molar-refractivity contribution in [3.63, 3.8) is 0 Å². The van der Waals surface area contributed by atoms with E-state index in [2.05, 4.69) is 34.3 Å². The lowest BCUT2D eigenvalue weighted by atomic mass is 10.1. The van der Waals surface area contributed by atoms with E-state index in [1.165, 1.54) is 5.56 Å². The molecule has 2 atom stereocenters. The number of carbonyl (C=O) groups is 1. The van der Waals surface area contributed by atoms with Crippen molar-refractivity contribution in [1.29, 1.82) is 0 Å². The molecular formula is C25H29N7O. The number of likely N-dealkylation sites (N-methyl/N-ethyl adjacent to an activating group) is 1. The Hall–Kier alpha value is -3.36. The lowest BCUT2D eigenvalue weighted by Crippen LogP contribution is -2.28. The number of hydrogen-bond acceptors (Lipinski definition) is 6. The van der Waals surface area contributed by atoms with Crippen molar-refractivity contribution >= 4 is 22.5 Å². The van der Waals surface area contributed by atoms with Crippen LogP contribution in [0.25, 0.3) is 28.1 Å². The number of pyridine rings is 2. The van der Waals surface area contributed by atoms with Gasteiger partial charge in [0.05, 0.1) is 11.9 Å². The largest absolute Gasteiger partial charge is 0.349 e. The molecule has 2 N–H and O–H groups in total. The molecule has 0 radical (unpaired) electrons. The van der Waals surface area contributed by atoms with Gasteiger partial charge in [0.2, 0.25) is 5.91 Å². The van der Waals surface area contributed by atoms with Crippen molar-refractivity contribution in [3.8, 4) is 11.5 Å². The standard InChI is InChI=1S/C25H29N7O/c1-16(31-12-11-20(26)15-31)19-8-10-22-28-29-25(32(22)14-19)21-9-7-17-5-4-6-18(24(17)27-21)13-23(33)30(2)3/h4-10,14,16,20H,11-13,15,26H2,1-3H3/t16-,20-/m0/s1. The van der Waals surface area contributed by atoms with Crippen LogP contribution >= 0.6 is 0 Å². The number of hydrogen-bond donors (Lipinski definition) is 1. The van der Waals surface area contributed by atoms with E-state index in [4.69, 9.17) is 10.7 Å². The summed E-state index contributed by atoms with van der Waals surface area (Å²) in [5.41, 5.74) is 10.5. The van der Waals surface area contributed by atoms with E-state index in [0.717, 1.165) is 47.3 Å². The number of aromatic nitrogens is 4. The van der Waals surface area contributed by atoms with Crippen molar-refractivity contribution in [3.05, 3.63) is 59.8 Å². The second-order valence-corrected chi connectivity index (χ2v) is 9.08. The molecule has 5 rings (SSSR count). The van der Waals surface area contributed by atoms with Gasteiger partial charge in [-0.2, -0.15) is 0 Å². The summed E-state index contributed by atoms with van der Waals surface area (Å²) in [5, 5.41) is 9.80. The molecule has 1 aromatic carbocycles. The average molecular weight is 444 g/mol. The fourth-order valence-electron chi connectivity index (χ4n) is 4.50. The minimum Gasteiger partial charge on any atom is -0.349 e. The maximum Gasteiger partial charge on any atom is 0.226 e. The first-order valence-corrected chi connectivity index (χ1v) is 11.3. The topological polar surface area (TPSA) is 92.6 Å². The molecule has 0 bridgehead atoms. The Balaban J connectivity index is 1.54. The maximum absolute atomic E-state index is 12.3. The molecule has 0 spiro atoms. The molecule has 4 heterocycles. The van der Waals surface area contributed by atoms with Gasteiger partial charge in [-0.1, -0.05) is 30.3 Å². The van der Waals surface area contributed by atoms with Gasteiger partial charge >= 0.3 is 0 Å². The fraction of sp³-hybridized carbons (Fsp3) is 0.360. The third-order valence-corrected chi connectivity index (χ3v) is 6.58. The van der Waals surface area contributed by atoms with Gasteiger partial charge in [0.25, 0.3) is 0 Å². The zero-order valence-corrected chi connectivity index (χ0v) is 19.3. The molecule has 4 aromatic rings. The first kappa shape index (κ1) is 21.5. The normalized spacial score (nSPS) is 17.6. The number of carbonyl (C=O) groups excluding carboxylic acids is 1. The maximum atomic E-state index is 12.3. The van der Waals surface area contributed by atoms with Gasteiger partial charge in [0, 0.05) is 50.9 Å². The lowest BCUT2D eigenvalue weighted by Gasteiger charge is -2.24. The zero-order chi connectivity index (χ0) is 23.1. The summed E-state index contributed by atoms with van der Waals surface area (Å²) in [6, 6.07) is 14.5. The summed E-state index contributed by atoms with van der Waals surface area (Å²) in [5.74, 6) is 0.732. The quantitative estimate of drug-likeness (QED) is 0.510. The smallest absolute Gasteiger partial charge is 0.226 e. The molecule has 0 aliphatic carbocycles. The second-order valence-electron chi connectivity index (χ2n) is 9.08. The highest BCUT2D eigenvalue weighted by Crippen LogP contribution is 2.27. The van der Waals surface area contributed by atoms with Crippen LogP contribution in [0.1, 0.15) is 30.5 Å². The molecule has 0 unspecified atom stereocenters. The van der Waals surface area contributed by atoms with Gasteiger partial charge in [0.15, 0.2) is 11.5 Å². The third kappa shape index (κ3) is 4.07. The van der Waals surface area contributed by atoms with Crippen LogP contribution in [0.4, 0.5) is 0 Å². The second kappa shape index (κ2) is 8.53. The van der Waals surface area contributed by atoms with Crippen LogP contribution in [0.5, 0.6) is 0 Å². The highest BCUT2D eigenvalue weighted by Gasteiger charge is 2.25. The molecule has 1 saturated heterocycles. The SMILES string of the molecule is C[C@@H](c1ccc2nnc(-c3ccc4cccc(CC(=O)N(C)C)c4n3)n2c1)N1CC[C@H](N)C1. The molecule has 3 aromatic heterocycles. The van der Waals surface area contributed by atoms with E-state index in [9.17, 15) is 4.79 Å². The molecule has 0 saturated carbocycles. The molecular weight excluding hydrogens is 414 g/mol. The molecule has 8 heteroatoms. The summed E-state index contributed by atoms with van der Waals surface area (Å²) < 4.78 is 2.00. The van der Waals surface area contributed by atoms with Crippen molar-refractivity contribution in [2.24, 2.45) is 5.73 Å². The van der Waals surface area contributed by atoms with E-state index >= 15 is 0 Å². The van der Waals surface area contributed by atoms with Crippen LogP contribution < -0.4 is 5.73 Å². The van der Waals surface area contributed by atoms with Gasteiger partial charge in [-0.15, -0.1) is 10.2 Å². The van der Waals surface area contributed by atoms with Gasteiger partial charge in [0.1, 0.15) is 5.69 Å². The van der Waals surface area contributed by atoms with Crippen LogP contribution in [-0.4, -0.2) is 68.5 Å². The van der Waals surface area contributed by atoms with Crippen molar-refractivity contribution < 1.29 is 4.79 Å². The van der Waals surface area contributed by atoms with Crippen LogP contribution in [0.2, 0.25) is 0 Å². The van der Waals surface area contributed by atoms with Crippen molar-refractivity contribution in [2.75, 3.05) is 27.2 Å². The molecule has 1 aliphatic heterocycles. The number of benzene rings is 1. The number of fused-ring (bicyclic) bond motifs is 2. The summed E-state index contributed by atoms with van der Waals surface area (Å²) in [4.78, 5) is 21.3. The summed E-state index contributed by atoms with van der Waals surface area (Å²) in [7, 11) is 3.53. The predicted molar refractivity (Wildman–Crippen MR) is 129 cm³/mol. The highest BCUT2D eigenvalue weighted by atomic mass is 16.2. The Morgan fingerprint density at radius 2 is 2.03 bits per heavy atom. The molecule has 1 aliphatic rings. The van der Waals surface area contributed by atoms with Gasteiger partial charge < -0.3 is 10.6 Å². The molecule has 33 heavy (non-hydrogen) atoms. The summed E-state index contributed by atoms with van der Waals surface area (Å²) in [6.45, 7) is 4.14. The predicted octanol–water partition coefficient (Wildman–Crippen LogP) is 2.67. The lowest BCUT2D eigenvalue weighted by molar-refractivity contribution is -0.127. The van der Waals surface area contributed by atoms with Crippen LogP contribution in [0.3, 0.4) is 0 Å². The number of rotatable bonds is 5. The van der Waals surface area contributed by atoms with Crippen LogP contribution in [0, 0.1) is 0 Å². The number of likely N-dealkylation sites (tertiary alicyclic amines) is 1. The Bertz CT molecular complexity index is 1330. The Labute approximate surface area is 193 Å². The highest BCUT2D eigenvalue weighted by molar-refractivity contribution is 5.88.